The van der Waals surface area contributed by atoms with Gasteiger partial charge in [0.2, 0.25) is 0 Å². The summed E-state index contributed by atoms with van der Waals surface area (Å²) in [4.78, 5) is 28.2. The van der Waals surface area contributed by atoms with Crippen molar-refractivity contribution in [2.24, 2.45) is 0 Å². The molecule has 0 spiro atoms. The second-order valence-electron chi connectivity index (χ2n) is 5.15. The van der Waals surface area contributed by atoms with Crippen LogP contribution in [0, 0.1) is 0 Å². The number of fused-ring (bicyclic) bond motifs is 1. The molecular formula is C17H8Cl2O2S2. The van der Waals surface area contributed by atoms with E-state index in [9.17, 15) is 9.59 Å². The summed E-state index contributed by atoms with van der Waals surface area (Å²) in [6, 6.07) is 10.8. The van der Waals surface area contributed by atoms with Crippen LogP contribution in [0.2, 0.25) is 10.0 Å². The van der Waals surface area contributed by atoms with Crippen LogP contribution in [0.15, 0.2) is 41.8 Å². The first-order valence-electron chi connectivity index (χ1n) is 6.77. The topological polar surface area (TPSA) is 34.1 Å². The Labute approximate surface area is 150 Å². The van der Waals surface area contributed by atoms with Gasteiger partial charge in [-0.3, -0.25) is 9.59 Å². The summed E-state index contributed by atoms with van der Waals surface area (Å²) >= 11 is 15.1. The Morgan fingerprint density at radius 2 is 1.52 bits per heavy atom. The predicted octanol–water partition coefficient (Wildman–Crippen LogP) is 5.95. The molecule has 1 aliphatic rings. The average molecular weight is 379 g/mol. The second-order valence-corrected chi connectivity index (χ2v) is 8.03. The van der Waals surface area contributed by atoms with Gasteiger partial charge in [-0.2, -0.15) is 0 Å². The molecule has 1 aromatic carbocycles. The van der Waals surface area contributed by atoms with Crippen LogP contribution in [0.3, 0.4) is 0 Å². The maximum atomic E-state index is 12.7. The van der Waals surface area contributed by atoms with Crippen LogP contribution in [0.5, 0.6) is 0 Å². The fraction of sp³-hybridized carbons (Fsp3) is 0.0588. The van der Waals surface area contributed by atoms with Crippen molar-refractivity contribution in [3.05, 3.63) is 67.8 Å². The second kappa shape index (κ2) is 5.56. The van der Waals surface area contributed by atoms with Gasteiger partial charge in [0.15, 0.2) is 11.6 Å². The Morgan fingerprint density at radius 3 is 2.09 bits per heavy atom. The molecule has 0 amide bonds. The zero-order chi connectivity index (χ0) is 16.1. The van der Waals surface area contributed by atoms with Crippen LogP contribution in [-0.2, 0) is 0 Å². The van der Waals surface area contributed by atoms with Crippen molar-refractivity contribution in [3.63, 3.8) is 0 Å². The highest BCUT2D eigenvalue weighted by molar-refractivity contribution is 7.21. The first-order valence-corrected chi connectivity index (χ1v) is 9.22. The molecule has 0 fully saturated rings. The van der Waals surface area contributed by atoms with E-state index in [0.29, 0.717) is 11.1 Å². The number of rotatable bonds is 2. The third kappa shape index (κ3) is 2.37. The number of hydrogen-bond donors (Lipinski definition) is 0. The molecule has 0 aliphatic heterocycles. The van der Waals surface area contributed by atoms with E-state index >= 15 is 0 Å². The highest BCUT2D eigenvalue weighted by atomic mass is 35.5. The van der Waals surface area contributed by atoms with Crippen LogP contribution in [0.25, 0.3) is 9.75 Å². The van der Waals surface area contributed by atoms with E-state index in [2.05, 4.69) is 0 Å². The lowest BCUT2D eigenvalue weighted by atomic mass is 10.0. The van der Waals surface area contributed by atoms with E-state index in [1.165, 1.54) is 23.5 Å². The molecule has 0 saturated carbocycles. The first kappa shape index (κ1) is 15.1. The van der Waals surface area contributed by atoms with Crippen molar-refractivity contribution >= 4 is 57.4 Å². The summed E-state index contributed by atoms with van der Waals surface area (Å²) in [5, 5.41) is 2.58. The molecule has 3 aromatic rings. The molecule has 0 saturated heterocycles. The highest BCUT2D eigenvalue weighted by Crippen LogP contribution is 2.42. The van der Waals surface area contributed by atoms with Crippen LogP contribution < -0.4 is 0 Å². The Bertz CT molecular complexity index is 901. The van der Waals surface area contributed by atoms with Gasteiger partial charge in [0.05, 0.1) is 10.0 Å². The molecule has 2 aromatic heterocycles. The summed E-state index contributed by atoms with van der Waals surface area (Å²) in [5.41, 5.74) is 0.723. The number of thiophene rings is 2. The minimum absolute atomic E-state index is 0.205. The lowest BCUT2D eigenvalue weighted by Crippen LogP contribution is -2.10. The smallest absolute Gasteiger partial charge is 0.179 e. The molecule has 23 heavy (non-hydrogen) atoms. The van der Waals surface area contributed by atoms with Crippen LogP contribution in [-0.4, -0.2) is 11.6 Å². The molecule has 0 radical (unpaired) electrons. The fourth-order valence-electron chi connectivity index (χ4n) is 2.70. The van der Waals surface area contributed by atoms with Crippen LogP contribution >= 0.6 is 45.9 Å². The van der Waals surface area contributed by atoms with Gasteiger partial charge in [0, 0.05) is 25.8 Å². The van der Waals surface area contributed by atoms with E-state index < -0.39 is 5.92 Å². The van der Waals surface area contributed by atoms with Gasteiger partial charge in [-0.1, -0.05) is 29.3 Å². The van der Waals surface area contributed by atoms with Crippen LogP contribution in [0.1, 0.15) is 31.5 Å². The number of carbonyl (C=O) groups is 2. The molecular weight excluding hydrogens is 371 g/mol. The van der Waals surface area contributed by atoms with Crippen molar-refractivity contribution < 1.29 is 9.59 Å². The molecule has 0 N–H and O–H groups in total. The maximum Gasteiger partial charge on any atom is 0.179 e. The van der Waals surface area contributed by atoms with E-state index in [1.54, 1.807) is 11.3 Å². The van der Waals surface area contributed by atoms with Gasteiger partial charge in [0.1, 0.15) is 5.92 Å². The molecule has 6 heteroatoms. The summed E-state index contributed by atoms with van der Waals surface area (Å²) < 4.78 is 0. The van der Waals surface area contributed by atoms with E-state index in [4.69, 9.17) is 23.2 Å². The third-order valence-corrected chi connectivity index (χ3v) is 6.73. The van der Waals surface area contributed by atoms with Crippen LogP contribution in [0.4, 0.5) is 0 Å². The zero-order valence-electron chi connectivity index (χ0n) is 11.5. The SMILES string of the molecule is O=C1c2cc(Cl)c(Cl)cc2C(=O)C1c1ccc(-c2cccs2)s1. The minimum Gasteiger partial charge on any atom is -0.293 e. The number of halogens is 2. The summed E-state index contributed by atoms with van der Waals surface area (Å²) in [6.07, 6.45) is 0. The highest BCUT2D eigenvalue weighted by Gasteiger charge is 2.41. The monoisotopic (exact) mass is 378 g/mol. The number of Topliss-reactive ketones (excluding diaryl/α,β-unsaturated/α-hetero) is 2. The third-order valence-electron chi connectivity index (χ3n) is 3.79. The van der Waals surface area contributed by atoms with Crippen molar-refractivity contribution in [2.75, 3.05) is 0 Å². The number of ketones is 2. The predicted molar refractivity (Wildman–Crippen MR) is 95.5 cm³/mol. The average Bonchev–Trinajstić information content (AvgIpc) is 3.23. The number of carbonyl (C=O) groups excluding carboxylic acids is 2. The lowest BCUT2D eigenvalue weighted by Gasteiger charge is -2.02. The Morgan fingerprint density at radius 1 is 0.870 bits per heavy atom. The molecule has 0 atom stereocenters. The summed E-state index contributed by atoms with van der Waals surface area (Å²) in [5.74, 6) is -1.19. The standard InChI is InChI=1S/C17H8Cl2O2S2/c18-10-6-8-9(7-11(10)19)17(21)15(16(8)20)14-4-3-13(23-14)12-2-1-5-22-12/h1-7,15H. The lowest BCUT2D eigenvalue weighted by molar-refractivity contribution is 0.0892. The number of benzene rings is 1. The molecule has 4 rings (SSSR count). The summed E-state index contributed by atoms with van der Waals surface area (Å²) in [7, 11) is 0. The molecule has 114 valence electrons. The van der Waals surface area contributed by atoms with Gasteiger partial charge in [-0.25, -0.2) is 0 Å². The summed E-state index contributed by atoms with van der Waals surface area (Å²) in [6.45, 7) is 0. The quantitative estimate of drug-likeness (QED) is 0.516. The molecule has 1 aliphatic carbocycles. The van der Waals surface area contributed by atoms with Crippen molar-refractivity contribution in [1.29, 1.82) is 0 Å². The van der Waals surface area contributed by atoms with Gasteiger partial charge in [-0.15, -0.1) is 22.7 Å². The fourth-order valence-corrected chi connectivity index (χ4v) is 4.97. The maximum absolute atomic E-state index is 12.7. The van der Waals surface area contributed by atoms with Gasteiger partial charge in [-0.05, 0) is 35.7 Å². The van der Waals surface area contributed by atoms with E-state index in [1.807, 2.05) is 29.6 Å². The minimum atomic E-state index is -0.779. The normalized spacial score (nSPS) is 14.5. The molecule has 0 unspecified atom stereocenters. The first-order chi connectivity index (χ1) is 11.1. The van der Waals surface area contributed by atoms with E-state index in [0.717, 1.165) is 14.6 Å². The zero-order valence-corrected chi connectivity index (χ0v) is 14.7. The molecule has 2 heterocycles. The van der Waals surface area contributed by atoms with Gasteiger partial charge >= 0.3 is 0 Å². The van der Waals surface area contributed by atoms with Crippen molar-refractivity contribution in [3.8, 4) is 9.75 Å². The molecule has 0 bridgehead atoms. The Hall–Kier alpha value is -1.46. The van der Waals surface area contributed by atoms with Crippen molar-refractivity contribution in [2.45, 2.75) is 5.92 Å². The Kier molecular flexibility index (Phi) is 3.65. The number of hydrogen-bond acceptors (Lipinski definition) is 4. The van der Waals surface area contributed by atoms with Crippen molar-refractivity contribution in [1.82, 2.24) is 0 Å². The van der Waals surface area contributed by atoms with E-state index in [-0.39, 0.29) is 21.6 Å². The molecule has 2 nitrogen and oxygen atoms in total. The van der Waals surface area contributed by atoms with Gasteiger partial charge in [0.25, 0.3) is 0 Å². The Balaban J connectivity index is 1.77. The largest absolute Gasteiger partial charge is 0.293 e. The van der Waals surface area contributed by atoms with Gasteiger partial charge < -0.3 is 0 Å².